The second-order valence-corrected chi connectivity index (χ2v) is 8.78. The lowest BCUT2D eigenvalue weighted by atomic mass is 9.68. The molecule has 0 N–H and O–H groups in total. The maximum absolute atomic E-state index is 5.91. The summed E-state index contributed by atoms with van der Waals surface area (Å²) in [5.74, 6) is 1.68. The van der Waals surface area contributed by atoms with Crippen molar-refractivity contribution in [2.75, 3.05) is 40.1 Å². The van der Waals surface area contributed by atoms with Gasteiger partial charge in [0.25, 0.3) is 0 Å². The first-order chi connectivity index (χ1) is 17.8. The van der Waals surface area contributed by atoms with E-state index in [1.807, 2.05) is 6.92 Å². The van der Waals surface area contributed by atoms with Crippen molar-refractivity contribution in [1.82, 2.24) is 0 Å². The van der Waals surface area contributed by atoms with Crippen LogP contribution in [0.3, 0.4) is 0 Å². The monoisotopic (exact) mass is 480 g/mol. The Kier molecular flexibility index (Phi) is 7.36. The van der Waals surface area contributed by atoms with Gasteiger partial charge in [-0.2, -0.15) is 0 Å². The van der Waals surface area contributed by atoms with Crippen LogP contribution < -0.4 is 9.47 Å². The maximum Gasteiger partial charge on any atom is 0.119 e. The first-order valence-electron chi connectivity index (χ1n) is 12.5. The van der Waals surface area contributed by atoms with Gasteiger partial charge < -0.3 is 18.9 Å². The van der Waals surface area contributed by atoms with Gasteiger partial charge >= 0.3 is 0 Å². The molecule has 0 amide bonds. The van der Waals surface area contributed by atoms with Crippen LogP contribution in [0.4, 0.5) is 0 Å². The van der Waals surface area contributed by atoms with Gasteiger partial charge in [0.15, 0.2) is 0 Å². The fraction of sp³-hybridized carbons (Fsp3) is 0.250. The van der Waals surface area contributed by atoms with Gasteiger partial charge in [-0.3, -0.25) is 0 Å². The molecule has 0 aliphatic heterocycles. The predicted molar refractivity (Wildman–Crippen MR) is 143 cm³/mol. The number of fused-ring (bicyclic) bond motifs is 3. The van der Waals surface area contributed by atoms with E-state index >= 15 is 0 Å². The smallest absolute Gasteiger partial charge is 0.119 e. The average molecular weight is 481 g/mol. The van der Waals surface area contributed by atoms with Crippen molar-refractivity contribution in [3.63, 3.8) is 0 Å². The molecule has 0 heterocycles. The highest BCUT2D eigenvalue weighted by Gasteiger charge is 2.45. The zero-order valence-corrected chi connectivity index (χ0v) is 20.9. The normalized spacial score (nSPS) is 13.2. The maximum atomic E-state index is 5.91. The van der Waals surface area contributed by atoms with Crippen LogP contribution in [0, 0.1) is 0 Å². The first-order valence-corrected chi connectivity index (χ1v) is 12.5. The molecule has 1 aliphatic rings. The van der Waals surface area contributed by atoms with Crippen molar-refractivity contribution in [1.29, 1.82) is 0 Å². The number of benzene rings is 4. The van der Waals surface area contributed by atoms with E-state index < -0.39 is 5.41 Å². The predicted octanol–water partition coefficient (Wildman–Crippen LogP) is 6.49. The molecule has 1 aliphatic carbocycles. The van der Waals surface area contributed by atoms with Crippen LogP contribution in [-0.4, -0.2) is 40.1 Å². The molecule has 0 saturated carbocycles. The van der Waals surface area contributed by atoms with E-state index in [-0.39, 0.29) is 0 Å². The van der Waals surface area contributed by atoms with E-state index in [0.717, 1.165) is 11.5 Å². The van der Waals surface area contributed by atoms with E-state index in [1.54, 1.807) is 7.11 Å². The van der Waals surface area contributed by atoms with E-state index in [1.165, 1.54) is 33.4 Å². The van der Waals surface area contributed by atoms with Crippen molar-refractivity contribution >= 4 is 0 Å². The number of hydrogen-bond donors (Lipinski definition) is 0. The molecule has 184 valence electrons. The molecule has 0 atom stereocenters. The van der Waals surface area contributed by atoms with Crippen LogP contribution in [-0.2, 0) is 14.9 Å². The summed E-state index contributed by atoms with van der Waals surface area (Å²) in [7, 11) is 1.68. The third-order valence-electron chi connectivity index (χ3n) is 6.78. The Balaban J connectivity index is 1.60. The molecule has 0 spiro atoms. The van der Waals surface area contributed by atoms with E-state index in [0.29, 0.717) is 33.0 Å². The minimum atomic E-state index is -0.442. The number of methoxy groups -OCH3 is 1. The van der Waals surface area contributed by atoms with Gasteiger partial charge in [-0.1, -0.05) is 72.8 Å². The molecule has 4 aromatic rings. The van der Waals surface area contributed by atoms with Crippen molar-refractivity contribution in [2.24, 2.45) is 0 Å². The largest absolute Gasteiger partial charge is 0.491 e. The van der Waals surface area contributed by atoms with Crippen molar-refractivity contribution in [2.45, 2.75) is 12.3 Å². The topological polar surface area (TPSA) is 36.9 Å². The lowest BCUT2D eigenvalue weighted by Crippen LogP contribution is -2.28. The molecule has 0 bridgehead atoms. The summed E-state index contributed by atoms with van der Waals surface area (Å²) in [6, 6.07) is 34.5. The van der Waals surface area contributed by atoms with Crippen LogP contribution in [0.1, 0.15) is 29.2 Å². The van der Waals surface area contributed by atoms with Gasteiger partial charge in [0.2, 0.25) is 0 Å². The van der Waals surface area contributed by atoms with Gasteiger partial charge in [0.1, 0.15) is 24.7 Å². The van der Waals surface area contributed by atoms with Gasteiger partial charge in [-0.05, 0) is 64.6 Å². The highest BCUT2D eigenvalue weighted by atomic mass is 16.5. The summed E-state index contributed by atoms with van der Waals surface area (Å²) < 4.78 is 22.3. The third-order valence-corrected chi connectivity index (χ3v) is 6.78. The Morgan fingerprint density at radius 2 is 1.03 bits per heavy atom. The molecule has 0 fully saturated rings. The molecule has 4 nitrogen and oxygen atoms in total. The highest BCUT2D eigenvalue weighted by Crippen LogP contribution is 2.56. The summed E-state index contributed by atoms with van der Waals surface area (Å²) in [6.07, 6.45) is 0. The summed E-state index contributed by atoms with van der Waals surface area (Å²) in [4.78, 5) is 0. The minimum Gasteiger partial charge on any atom is -0.491 e. The zero-order chi connectivity index (χ0) is 24.8. The van der Waals surface area contributed by atoms with Gasteiger partial charge in [-0.15, -0.1) is 0 Å². The first kappa shape index (κ1) is 24.1. The highest BCUT2D eigenvalue weighted by molar-refractivity contribution is 5.86. The number of ether oxygens (including phenoxy) is 4. The molecule has 0 aromatic heterocycles. The second-order valence-electron chi connectivity index (χ2n) is 8.78. The van der Waals surface area contributed by atoms with Crippen molar-refractivity contribution < 1.29 is 18.9 Å². The van der Waals surface area contributed by atoms with Crippen LogP contribution >= 0.6 is 0 Å². The Bertz CT molecular complexity index is 1230. The fourth-order valence-electron chi connectivity index (χ4n) is 5.23. The molecule has 0 saturated heterocycles. The van der Waals surface area contributed by atoms with Crippen LogP contribution in [0.2, 0.25) is 0 Å². The van der Waals surface area contributed by atoms with E-state index in [2.05, 4.69) is 97.1 Å². The molecule has 5 rings (SSSR count). The lowest BCUT2D eigenvalue weighted by Gasteiger charge is -2.34. The molecule has 0 radical (unpaired) electrons. The Labute approximate surface area is 213 Å². The average Bonchev–Trinajstić information content (AvgIpc) is 3.23. The molecule has 0 unspecified atom stereocenters. The molecular formula is C32H32O4. The van der Waals surface area contributed by atoms with Gasteiger partial charge in [0, 0.05) is 13.7 Å². The SMILES string of the molecule is CCOCCOc1ccc(C2(c3ccc(OCCOC)cc3)c3ccccc3-c3ccccc32)cc1. The number of hydrogen-bond acceptors (Lipinski definition) is 4. The quantitative estimate of drug-likeness (QED) is 0.203. The van der Waals surface area contributed by atoms with Crippen LogP contribution in [0.15, 0.2) is 97.1 Å². The second kappa shape index (κ2) is 11.0. The summed E-state index contributed by atoms with van der Waals surface area (Å²) in [5, 5.41) is 0. The Morgan fingerprint density at radius 1 is 0.556 bits per heavy atom. The van der Waals surface area contributed by atoms with Crippen molar-refractivity contribution in [3.8, 4) is 22.6 Å². The lowest BCUT2D eigenvalue weighted by molar-refractivity contribution is 0.110. The Morgan fingerprint density at radius 3 is 1.50 bits per heavy atom. The van der Waals surface area contributed by atoms with E-state index in [9.17, 15) is 0 Å². The molecule has 4 heteroatoms. The van der Waals surface area contributed by atoms with Gasteiger partial charge in [0.05, 0.1) is 18.6 Å². The minimum absolute atomic E-state index is 0.442. The molecular weight excluding hydrogens is 448 g/mol. The zero-order valence-electron chi connectivity index (χ0n) is 20.9. The van der Waals surface area contributed by atoms with Crippen LogP contribution in [0.25, 0.3) is 11.1 Å². The van der Waals surface area contributed by atoms with Crippen LogP contribution in [0.5, 0.6) is 11.5 Å². The fourth-order valence-corrected chi connectivity index (χ4v) is 5.23. The summed E-state index contributed by atoms with van der Waals surface area (Å²) >= 11 is 0. The van der Waals surface area contributed by atoms with Gasteiger partial charge in [-0.25, -0.2) is 0 Å². The van der Waals surface area contributed by atoms with E-state index in [4.69, 9.17) is 18.9 Å². The molecule has 4 aromatic carbocycles. The number of rotatable bonds is 11. The molecule has 36 heavy (non-hydrogen) atoms. The Hall–Kier alpha value is -3.60. The summed E-state index contributed by atoms with van der Waals surface area (Å²) in [6.45, 7) is 4.89. The van der Waals surface area contributed by atoms with Crippen molar-refractivity contribution in [3.05, 3.63) is 119 Å². The standard InChI is InChI=1S/C32H32O4/c1-3-34-21-23-36-27-18-14-25(15-19-27)32(24-12-16-26(17-13-24)35-22-20-33-2)30-10-6-4-8-28(30)29-9-5-7-11-31(29)32/h4-19H,3,20-23H2,1-2H3. The third kappa shape index (κ3) is 4.39. The summed E-state index contributed by atoms with van der Waals surface area (Å²) in [5.41, 5.74) is 7.06.